The van der Waals surface area contributed by atoms with Gasteiger partial charge in [-0.25, -0.2) is 0 Å². The minimum atomic E-state index is -1.02. The number of hydrogen-bond acceptors (Lipinski definition) is 5. The number of ether oxygens (including phenoxy) is 2. The van der Waals surface area contributed by atoms with Crippen LogP contribution in [-0.4, -0.2) is 59.6 Å². The van der Waals surface area contributed by atoms with Crippen LogP contribution in [0.2, 0.25) is 0 Å². The molecule has 5 nitrogen and oxygen atoms in total. The molecule has 1 fully saturated rings. The van der Waals surface area contributed by atoms with Crippen LogP contribution in [0.4, 0.5) is 0 Å². The Morgan fingerprint density at radius 3 is 2.64 bits per heavy atom. The number of aliphatic hydroxyl groups is 3. The third kappa shape index (κ3) is 7.20. The van der Waals surface area contributed by atoms with Crippen LogP contribution in [0.5, 0.6) is 0 Å². The average molecular weight is 316 g/mol. The largest absolute Gasteiger partial charge is 0.394 e. The molecular formula is C17H32O5. The van der Waals surface area contributed by atoms with Crippen molar-refractivity contribution in [3.05, 3.63) is 12.2 Å². The first kappa shape index (κ1) is 19.6. The molecule has 1 rings (SSSR count). The second-order valence-electron chi connectivity index (χ2n) is 5.94. The maximum atomic E-state index is 9.78. The lowest BCUT2D eigenvalue weighted by molar-refractivity contribution is -0.0879. The fraction of sp³-hybridized carbons (Fsp3) is 0.882. The van der Waals surface area contributed by atoms with Gasteiger partial charge < -0.3 is 24.8 Å². The Morgan fingerprint density at radius 2 is 1.91 bits per heavy atom. The van der Waals surface area contributed by atoms with E-state index in [0.717, 1.165) is 6.42 Å². The third-order valence-corrected chi connectivity index (χ3v) is 4.00. The fourth-order valence-corrected chi connectivity index (χ4v) is 2.65. The Hall–Kier alpha value is -0.460. The van der Waals surface area contributed by atoms with Crippen LogP contribution in [0.15, 0.2) is 12.2 Å². The van der Waals surface area contributed by atoms with E-state index in [1.807, 2.05) is 6.08 Å². The van der Waals surface area contributed by atoms with Crippen LogP contribution in [0, 0.1) is 0 Å². The first-order valence-corrected chi connectivity index (χ1v) is 8.55. The van der Waals surface area contributed by atoms with Crippen molar-refractivity contribution in [2.75, 3.05) is 19.8 Å². The molecule has 0 bridgehead atoms. The number of allylic oxidation sites excluding steroid dienone is 1. The van der Waals surface area contributed by atoms with Gasteiger partial charge in [0.1, 0.15) is 24.4 Å². The van der Waals surface area contributed by atoms with Gasteiger partial charge in [-0.3, -0.25) is 0 Å². The summed E-state index contributed by atoms with van der Waals surface area (Å²) in [4.78, 5) is 0. The normalized spacial score (nSPS) is 26.8. The van der Waals surface area contributed by atoms with Crippen LogP contribution < -0.4 is 0 Å². The number of aliphatic hydroxyl groups excluding tert-OH is 3. The third-order valence-electron chi connectivity index (χ3n) is 4.00. The number of hydrogen-bond donors (Lipinski definition) is 3. The molecule has 1 heterocycles. The Balaban J connectivity index is 2.10. The van der Waals surface area contributed by atoms with Gasteiger partial charge in [-0.1, -0.05) is 51.2 Å². The molecule has 1 aliphatic rings. The molecule has 130 valence electrons. The van der Waals surface area contributed by atoms with Crippen LogP contribution in [0.25, 0.3) is 0 Å². The van der Waals surface area contributed by atoms with Gasteiger partial charge in [-0.15, -0.1) is 0 Å². The van der Waals surface area contributed by atoms with Crippen LogP contribution in [0.1, 0.15) is 51.9 Å². The fourth-order valence-electron chi connectivity index (χ4n) is 2.65. The van der Waals surface area contributed by atoms with E-state index in [2.05, 4.69) is 13.0 Å². The average Bonchev–Trinajstić information content (AvgIpc) is 2.89. The summed E-state index contributed by atoms with van der Waals surface area (Å²) in [5.74, 6) is 0. The summed E-state index contributed by atoms with van der Waals surface area (Å²) in [6, 6.07) is 0. The molecule has 0 aromatic heterocycles. The molecule has 0 amide bonds. The highest BCUT2D eigenvalue weighted by Gasteiger charge is 2.40. The molecule has 0 radical (unpaired) electrons. The van der Waals surface area contributed by atoms with Crippen molar-refractivity contribution in [3.63, 3.8) is 0 Å². The second-order valence-corrected chi connectivity index (χ2v) is 5.94. The van der Waals surface area contributed by atoms with Crippen LogP contribution in [-0.2, 0) is 9.47 Å². The zero-order chi connectivity index (χ0) is 16.2. The summed E-state index contributed by atoms with van der Waals surface area (Å²) in [7, 11) is 0. The quantitative estimate of drug-likeness (QED) is 0.378. The molecular weight excluding hydrogens is 284 g/mol. The molecule has 1 aliphatic heterocycles. The Morgan fingerprint density at radius 1 is 1.18 bits per heavy atom. The lowest BCUT2D eigenvalue weighted by Crippen LogP contribution is -2.42. The summed E-state index contributed by atoms with van der Waals surface area (Å²) in [5, 5.41) is 28.4. The van der Waals surface area contributed by atoms with Gasteiger partial charge in [-0.05, 0) is 12.8 Å². The Bertz CT molecular complexity index is 295. The minimum absolute atomic E-state index is 0.133. The molecule has 3 N–H and O–H groups in total. The van der Waals surface area contributed by atoms with Gasteiger partial charge in [0.25, 0.3) is 0 Å². The van der Waals surface area contributed by atoms with Crippen molar-refractivity contribution in [2.45, 2.75) is 76.3 Å². The van der Waals surface area contributed by atoms with E-state index in [1.165, 1.54) is 38.5 Å². The Labute approximate surface area is 133 Å². The molecule has 0 aliphatic carbocycles. The molecule has 5 heteroatoms. The molecule has 22 heavy (non-hydrogen) atoms. The highest BCUT2D eigenvalue weighted by molar-refractivity contribution is 4.90. The first-order chi connectivity index (χ1) is 10.7. The maximum Gasteiger partial charge on any atom is 0.115 e. The van der Waals surface area contributed by atoms with E-state index < -0.39 is 31.0 Å². The smallest absolute Gasteiger partial charge is 0.115 e. The maximum absolute atomic E-state index is 9.78. The van der Waals surface area contributed by atoms with Gasteiger partial charge in [-0.2, -0.15) is 0 Å². The van der Waals surface area contributed by atoms with E-state index in [4.69, 9.17) is 14.6 Å². The molecule has 1 saturated heterocycles. The Kier molecular flexibility index (Phi) is 10.7. The molecule has 0 aromatic rings. The van der Waals surface area contributed by atoms with Crippen molar-refractivity contribution in [1.29, 1.82) is 0 Å². The summed E-state index contributed by atoms with van der Waals surface area (Å²) in [5.41, 5.74) is 0. The van der Waals surface area contributed by atoms with E-state index in [0.29, 0.717) is 6.61 Å². The predicted molar refractivity (Wildman–Crippen MR) is 85.7 cm³/mol. The van der Waals surface area contributed by atoms with Crippen molar-refractivity contribution >= 4 is 0 Å². The number of unbranched alkanes of at least 4 members (excludes halogenated alkanes) is 6. The van der Waals surface area contributed by atoms with Crippen LogP contribution >= 0.6 is 0 Å². The minimum Gasteiger partial charge on any atom is -0.394 e. The first-order valence-electron chi connectivity index (χ1n) is 8.55. The van der Waals surface area contributed by atoms with E-state index in [-0.39, 0.29) is 6.61 Å². The number of rotatable bonds is 12. The monoisotopic (exact) mass is 316 g/mol. The molecule has 0 spiro atoms. The molecule has 0 unspecified atom stereocenters. The van der Waals surface area contributed by atoms with Crippen molar-refractivity contribution in [1.82, 2.24) is 0 Å². The summed E-state index contributed by atoms with van der Waals surface area (Å²) in [6.45, 7) is 2.34. The standard InChI is InChI=1S/C17H32O5/c1-2-3-4-5-6-7-8-9-10-11-21-17-15(20)13-22-16(17)14(19)12-18/h9-10,14-20H,2-8,11-13H2,1H3/b10-9+/t14-,15+,16-,17-/m0/s1. The lowest BCUT2D eigenvalue weighted by atomic mass is 10.1. The van der Waals surface area contributed by atoms with Gasteiger partial charge in [0.15, 0.2) is 0 Å². The van der Waals surface area contributed by atoms with Crippen molar-refractivity contribution in [2.24, 2.45) is 0 Å². The van der Waals surface area contributed by atoms with Gasteiger partial charge in [0, 0.05) is 0 Å². The highest BCUT2D eigenvalue weighted by atomic mass is 16.6. The van der Waals surface area contributed by atoms with Crippen molar-refractivity contribution in [3.8, 4) is 0 Å². The van der Waals surface area contributed by atoms with Gasteiger partial charge in [0.05, 0.1) is 19.8 Å². The SMILES string of the molecule is CCCCCCCC/C=C/CO[C@@H]1[C@H]([C@@H](O)CO)OC[C@H]1O. The summed E-state index contributed by atoms with van der Waals surface area (Å²) in [6.07, 6.45) is 9.78. The zero-order valence-electron chi connectivity index (χ0n) is 13.7. The molecule has 4 atom stereocenters. The van der Waals surface area contributed by atoms with Gasteiger partial charge in [0.2, 0.25) is 0 Å². The summed E-state index contributed by atoms with van der Waals surface area (Å²) < 4.78 is 10.8. The lowest BCUT2D eigenvalue weighted by Gasteiger charge is -2.23. The van der Waals surface area contributed by atoms with Crippen molar-refractivity contribution < 1.29 is 24.8 Å². The van der Waals surface area contributed by atoms with E-state index >= 15 is 0 Å². The highest BCUT2D eigenvalue weighted by Crippen LogP contribution is 2.21. The zero-order valence-corrected chi connectivity index (χ0v) is 13.7. The van der Waals surface area contributed by atoms with Crippen LogP contribution in [0.3, 0.4) is 0 Å². The second kappa shape index (κ2) is 12.0. The molecule has 0 aromatic carbocycles. The predicted octanol–water partition coefficient (Wildman–Crippen LogP) is 1.79. The topological polar surface area (TPSA) is 79.2 Å². The molecule has 0 saturated carbocycles. The van der Waals surface area contributed by atoms with E-state index in [1.54, 1.807) is 0 Å². The summed E-state index contributed by atoms with van der Waals surface area (Å²) >= 11 is 0. The van der Waals surface area contributed by atoms with E-state index in [9.17, 15) is 10.2 Å². The van der Waals surface area contributed by atoms with Gasteiger partial charge >= 0.3 is 0 Å².